The summed E-state index contributed by atoms with van der Waals surface area (Å²) < 4.78 is 0. The van der Waals surface area contributed by atoms with Gasteiger partial charge in [-0.15, -0.1) is 0 Å². The molecule has 0 aromatic heterocycles. The van der Waals surface area contributed by atoms with Gasteiger partial charge in [0.05, 0.1) is 18.6 Å². The molecule has 1 fully saturated rings. The second kappa shape index (κ2) is 30.6. The molecule has 15 heteroatoms. The highest BCUT2D eigenvalue weighted by Gasteiger charge is 2.33. The summed E-state index contributed by atoms with van der Waals surface area (Å²) in [6, 6.07) is 4.45. The van der Waals surface area contributed by atoms with Gasteiger partial charge in [-0.25, -0.2) is 0 Å². The summed E-state index contributed by atoms with van der Waals surface area (Å²) in [5.41, 5.74) is 6.31. The van der Waals surface area contributed by atoms with Crippen molar-refractivity contribution in [3.63, 3.8) is 0 Å². The van der Waals surface area contributed by atoms with Crippen LogP contribution < -0.4 is 16.4 Å². The van der Waals surface area contributed by atoms with Crippen LogP contribution in [0.1, 0.15) is 147 Å². The number of carbonyl (C=O) groups is 7. The molecular formula is C43H67N3O10S2. The molecule has 1 heterocycles. The molecule has 0 aliphatic carbocycles. The Hall–Kier alpha value is -3.43. The average Bonchev–Trinajstić information content (AvgIpc) is 3.17. The monoisotopic (exact) mass is 849 g/mol. The molecule has 326 valence electrons. The maximum atomic E-state index is 13.5. The molecule has 1 aromatic rings. The van der Waals surface area contributed by atoms with E-state index in [1.807, 2.05) is 0 Å². The van der Waals surface area contributed by atoms with Crippen LogP contribution in [0.5, 0.6) is 5.75 Å². The zero-order chi connectivity index (χ0) is 42.5. The van der Waals surface area contributed by atoms with Gasteiger partial charge in [0.2, 0.25) is 11.8 Å². The number of unbranched alkanes of at least 4 members (excludes halogenated alkanes) is 15. The maximum Gasteiger partial charge on any atom is 0.303 e. The van der Waals surface area contributed by atoms with Crippen molar-refractivity contribution in [3.05, 3.63) is 29.8 Å². The predicted octanol–water partition coefficient (Wildman–Crippen LogP) is 6.95. The lowest BCUT2D eigenvalue weighted by Crippen LogP contribution is -2.46. The minimum atomic E-state index is -1.09. The van der Waals surface area contributed by atoms with Gasteiger partial charge in [-0.05, 0) is 43.4 Å². The van der Waals surface area contributed by atoms with Crippen LogP contribution in [-0.4, -0.2) is 86.6 Å². The number of phenolic OH excluding ortho intramolecular Hbond substituents is 1. The van der Waals surface area contributed by atoms with Crippen LogP contribution in [0.4, 0.5) is 0 Å². The lowest BCUT2D eigenvalue weighted by atomic mass is 9.88. The molecule has 1 saturated heterocycles. The summed E-state index contributed by atoms with van der Waals surface area (Å²) in [5, 5.41) is 33.1. The molecule has 13 nitrogen and oxygen atoms in total. The number of carbonyl (C=O) groups excluding carboxylic acids is 5. The molecular weight excluding hydrogens is 783 g/mol. The van der Waals surface area contributed by atoms with Crippen LogP contribution in [0.25, 0.3) is 0 Å². The molecule has 0 bridgehead atoms. The molecule has 0 saturated carbocycles. The Morgan fingerprint density at radius 1 is 0.690 bits per heavy atom. The van der Waals surface area contributed by atoms with E-state index >= 15 is 0 Å². The van der Waals surface area contributed by atoms with Gasteiger partial charge in [0.15, 0.2) is 11.6 Å². The van der Waals surface area contributed by atoms with Crippen molar-refractivity contribution in [2.45, 2.75) is 160 Å². The first-order valence-corrected chi connectivity index (χ1v) is 23.7. The largest absolute Gasteiger partial charge is 0.508 e. The summed E-state index contributed by atoms with van der Waals surface area (Å²) in [4.78, 5) is 86.9. The van der Waals surface area contributed by atoms with E-state index in [9.17, 15) is 43.8 Å². The number of phenols is 1. The number of amides is 2. The second-order valence-corrected chi connectivity index (χ2v) is 18.1. The van der Waals surface area contributed by atoms with Gasteiger partial charge >= 0.3 is 11.9 Å². The minimum Gasteiger partial charge on any atom is -0.508 e. The smallest absolute Gasteiger partial charge is 0.303 e. The average molecular weight is 850 g/mol. The molecule has 7 N–H and O–H groups in total. The van der Waals surface area contributed by atoms with E-state index in [-0.39, 0.29) is 74.7 Å². The standard InChI is InChI=1S/C43H67N3O10S2/c44-43(56)36(25-31-19-21-34(47)22-20-31)45-28-39(50)33-26-37(48)32(29-57-58-30-33)27-38(49)35(23-24-42(54)55)46-40(51)17-15-13-11-9-7-5-3-1-2-4-6-8-10-12-14-16-18-41(52)53/h19-22,32-33,35-36,45,47H,1-18,23-30H2,(H2,44,56)(H,46,51)(H,52,53)(H,54,55)/t32-,33-,35-,36-/m0/s1. The number of hydrogen-bond acceptors (Lipinski definition) is 11. The second-order valence-electron chi connectivity index (χ2n) is 15.6. The summed E-state index contributed by atoms with van der Waals surface area (Å²) in [7, 11) is 2.82. The third-order valence-corrected chi connectivity index (χ3v) is 13.1. The number of carboxylic acids is 2. The fourth-order valence-electron chi connectivity index (χ4n) is 6.98. The number of hydrogen-bond donors (Lipinski definition) is 6. The minimum absolute atomic E-state index is 0.0711. The molecule has 0 radical (unpaired) electrons. The number of nitrogens with one attached hydrogen (secondary N) is 2. The highest BCUT2D eigenvalue weighted by molar-refractivity contribution is 8.76. The van der Waals surface area contributed by atoms with Crippen LogP contribution in [0, 0.1) is 11.8 Å². The van der Waals surface area contributed by atoms with Crippen LogP contribution in [0.3, 0.4) is 0 Å². The highest BCUT2D eigenvalue weighted by atomic mass is 33.1. The summed E-state index contributed by atoms with van der Waals surface area (Å²) in [5.74, 6) is -4.15. The normalized spacial score (nSPS) is 16.8. The van der Waals surface area contributed by atoms with Gasteiger partial charge in [0.1, 0.15) is 11.5 Å². The summed E-state index contributed by atoms with van der Waals surface area (Å²) >= 11 is 0. The van der Waals surface area contributed by atoms with Crippen molar-refractivity contribution in [2.75, 3.05) is 18.1 Å². The van der Waals surface area contributed by atoms with Crippen molar-refractivity contribution in [1.82, 2.24) is 10.6 Å². The van der Waals surface area contributed by atoms with Crippen molar-refractivity contribution in [1.29, 1.82) is 0 Å². The van der Waals surface area contributed by atoms with E-state index in [4.69, 9.17) is 10.8 Å². The van der Waals surface area contributed by atoms with E-state index in [0.29, 0.717) is 17.9 Å². The Kier molecular flexibility index (Phi) is 26.7. The van der Waals surface area contributed by atoms with Crippen molar-refractivity contribution >= 4 is 62.7 Å². The first-order valence-electron chi connectivity index (χ1n) is 21.2. The first-order chi connectivity index (χ1) is 27.8. The number of aromatic hydroxyl groups is 1. The summed E-state index contributed by atoms with van der Waals surface area (Å²) in [6.45, 7) is -0.176. The van der Waals surface area contributed by atoms with Crippen LogP contribution in [0.15, 0.2) is 24.3 Å². The Labute approximate surface area is 352 Å². The fraction of sp³-hybridized carbons (Fsp3) is 0.698. The zero-order valence-electron chi connectivity index (χ0n) is 34.1. The predicted molar refractivity (Wildman–Crippen MR) is 228 cm³/mol. The third kappa shape index (κ3) is 23.8. The fourth-order valence-corrected chi connectivity index (χ4v) is 9.67. The van der Waals surface area contributed by atoms with Gasteiger partial charge in [0, 0.05) is 55.4 Å². The van der Waals surface area contributed by atoms with E-state index < -0.39 is 47.5 Å². The molecule has 1 aromatic carbocycles. The Morgan fingerprint density at radius 2 is 1.19 bits per heavy atom. The van der Waals surface area contributed by atoms with Crippen molar-refractivity contribution in [2.24, 2.45) is 17.6 Å². The van der Waals surface area contributed by atoms with Crippen LogP contribution >= 0.6 is 21.6 Å². The van der Waals surface area contributed by atoms with Crippen molar-refractivity contribution in [3.8, 4) is 5.75 Å². The number of rotatable bonds is 33. The highest BCUT2D eigenvalue weighted by Crippen LogP contribution is 2.33. The Bertz CT molecular complexity index is 1430. The van der Waals surface area contributed by atoms with E-state index in [2.05, 4.69) is 10.6 Å². The zero-order valence-corrected chi connectivity index (χ0v) is 35.7. The topological polar surface area (TPSA) is 230 Å². The van der Waals surface area contributed by atoms with Gasteiger partial charge in [0.25, 0.3) is 0 Å². The third-order valence-electron chi connectivity index (χ3n) is 10.6. The SMILES string of the molecule is NC(=O)[C@H](Cc1ccc(O)cc1)NCC(=O)[C@@H]1CSSC[C@H](CC(=O)[C@H](CCC(=O)O)NC(=O)CCCCCCCCCCCCCCCCCCC(=O)O)C(=O)C1. The van der Waals surface area contributed by atoms with E-state index in [0.717, 1.165) is 50.5 Å². The Balaban J connectivity index is 1.69. The van der Waals surface area contributed by atoms with Gasteiger partial charge in [-0.1, -0.05) is 124 Å². The first kappa shape index (κ1) is 50.7. The van der Waals surface area contributed by atoms with Crippen LogP contribution in [-0.2, 0) is 40.0 Å². The number of primary amides is 1. The van der Waals surface area contributed by atoms with Crippen molar-refractivity contribution < 1.29 is 48.9 Å². The van der Waals surface area contributed by atoms with Gasteiger partial charge in [-0.3, -0.25) is 38.9 Å². The molecule has 0 spiro atoms. The summed E-state index contributed by atoms with van der Waals surface area (Å²) in [6.07, 6.45) is 17.7. The van der Waals surface area contributed by atoms with Gasteiger partial charge in [-0.2, -0.15) is 0 Å². The number of Topliss-reactive ketones (excluding diaryl/α,β-unsaturated/α-hetero) is 3. The number of benzene rings is 1. The lowest BCUT2D eigenvalue weighted by molar-refractivity contribution is -0.138. The van der Waals surface area contributed by atoms with E-state index in [1.54, 1.807) is 12.1 Å². The number of ketones is 3. The lowest BCUT2D eigenvalue weighted by Gasteiger charge is -2.25. The Morgan fingerprint density at radius 3 is 1.71 bits per heavy atom. The number of carboxylic acid groups (broad SMARTS) is 2. The quantitative estimate of drug-likeness (QED) is 0.0311. The molecule has 1 aliphatic heterocycles. The van der Waals surface area contributed by atoms with Gasteiger partial charge < -0.3 is 26.4 Å². The molecule has 58 heavy (non-hydrogen) atoms. The molecule has 2 amide bonds. The molecule has 4 atom stereocenters. The number of nitrogens with two attached hydrogens (primary N) is 1. The molecule has 1 aliphatic rings. The number of aliphatic carboxylic acids is 2. The molecule has 0 unspecified atom stereocenters. The maximum absolute atomic E-state index is 13.5. The van der Waals surface area contributed by atoms with Crippen LogP contribution in [0.2, 0.25) is 0 Å². The van der Waals surface area contributed by atoms with E-state index in [1.165, 1.54) is 85.1 Å². The molecule has 2 rings (SSSR count).